The Hall–Kier alpha value is -0.623. The fourth-order valence-electron chi connectivity index (χ4n) is 2.16. The predicted octanol–water partition coefficient (Wildman–Crippen LogP) is 3.33. The standard InChI is InChI=1S/C12H20F9NO5SSi/c1-5-22(7-6-8-29(25-2,26-3)27-4)28(23,24)12(20,21)10(15,16)9(13,14)11(17,18)19/h5-8H2,1-4H3. The van der Waals surface area contributed by atoms with Gasteiger partial charge < -0.3 is 13.3 Å². The van der Waals surface area contributed by atoms with Crippen molar-refractivity contribution in [3.8, 4) is 0 Å². The van der Waals surface area contributed by atoms with E-state index in [-0.39, 0.29) is 16.8 Å². The van der Waals surface area contributed by atoms with Crippen LogP contribution in [0.2, 0.25) is 6.04 Å². The second-order valence-electron chi connectivity index (χ2n) is 5.56. The van der Waals surface area contributed by atoms with Crippen LogP contribution in [0.25, 0.3) is 0 Å². The molecule has 17 heteroatoms. The minimum Gasteiger partial charge on any atom is -0.377 e. The molecule has 0 aromatic carbocycles. The van der Waals surface area contributed by atoms with Gasteiger partial charge in [0.15, 0.2) is 0 Å². The summed E-state index contributed by atoms with van der Waals surface area (Å²) in [4.78, 5) is 0. The Morgan fingerprint density at radius 2 is 1.24 bits per heavy atom. The lowest BCUT2D eigenvalue weighted by molar-refractivity contribution is -0.382. The van der Waals surface area contributed by atoms with Gasteiger partial charge in [-0.1, -0.05) is 6.92 Å². The molecule has 0 aliphatic heterocycles. The largest absolute Gasteiger partial charge is 0.500 e. The molecule has 0 aliphatic carbocycles. The minimum absolute atomic E-state index is 0.191. The second-order valence-corrected chi connectivity index (χ2v) is 10.6. The molecule has 0 aromatic heterocycles. The first kappa shape index (κ1) is 28.4. The van der Waals surface area contributed by atoms with E-state index in [1.54, 1.807) is 0 Å². The summed E-state index contributed by atoms with van der Waals surface area (Å²) in [5, 5.41) is -6.76. The number of rotatable bonds is 12. The van der Waals surface area contributed by atoms with Crippen LogP contribution in [-0.2, 0) is 23.3 Å². The van der Waals surface area contributed by atoms with Crippen molar-refractivity contribution in [2.24, 2.45) is 0 Å². The maximum atomic E-state index is 13.9. The summed E-state index contributed by atoms with van der Waals surface area (Å²) in [5.74, 6) is -14.6. The summed E-state index contributed by atoms with van der Waals surface area (Å²) in [6, 6.07) is -0.191. The van der Waals surface area contributed by atoms with Crippen LogP contribution >= 0.6 is 0 Å². The van der Waals surface area contributed by atoms with Crippen molar-refractivity contribution in [3.63, 3.8) is 0 Å². The van der Waals surface area contributed by atoms with E-state index >= 15 is 0 Å². The minimum atomic E-state index is -7.31. The van der Waals surface area contributed by atoms with E-state index in [1.165, 1.54) is 21.3 Å². The highest BCUT2D eigenvalue weighted by molar-refractivity contribution is 7.90. The predicted molar refractivity (Wildman–Crippen MR) is 83.3 cm³/mol. The molecule has 0 bridgehead atoms. The summed E-state index contributed by atoms with van der Waals surface area (Å²) in [6.45, 7) is -0.929. The molecular weight excluding hydrogens is 469 g/mol. The molecule has 0 heterocycles. The van der Waals surface area contributed by atoms with Crippen molar-refractivity contribution in [1.82, 2.24) is 4.31 Å². The molecule has 0 saturated carbocycles. The van der Waals surface area contributed by atoms with Gasteiger partial charge in [0.05, 0.1) is 0 Å². The third-order valence-electron chi connectivity index (χ3n) is 3.96. The fourth-order valence-corrected chi connectivity index (χ4v) is 5.35. The van der Waals surface area contributed by atoms with Crippen molar-refractivity contribution in [3.05, 3.63) is 0 Å². The summed E-state index contributed by atoms with van der Waals surface area (Å²) in [5.41, 5.74) is 0. The van der Waals surface area contributed by atoms with Gasteiger partial charge in [-0.2, -0.15) is 43.8 Å². The Morgan fingerprint density at radius 1 is 0.828 bits per heavy atom. The Labute approximate surface area is 162 Å². The van der Waals surface area contributed by atoms with E-state index < -0.39 is 55.2 Å². The Bertz CT molecular complexity index is 632. The number of nitrogens with zero attached hydrogens (tertiary/aromatic N) is 1. The monoisotopic (exact) mass is 489 g/mol. The summed E-state index contributed by atoms with van der Waals surface area (Å²) >= 11 is 0. The van der Waals surface area contributed by atoms with E-state index in [2.05, 4.69) is 0 Å². The van der Waals surface area contributed by atoms with Gasteiger partial charge in [0.2, 0.25) is 0 Å². The van der Waals surface area contributed by atoms with Gasteiger partial charge in [0.25, 0.3) is 10.0 Å². The van der Waals surface area contributed by atoms with Crippen LogP contribution in [0.1, 0.15) is 13.3 Å². The van der Waals surface area contributed by atoms with Crippen LogP contribution in [0.5, 0.6) is 0 Å². The SMILES string of the molecule is CCN(CCC[Si](OC)(OC)OC)S(=O)(=O)C(F)(F)C(F)(F)C(F)(F)C(F)(F)F. The highest BCUT2D eigenvalue weighted by atomic mass is 32.2. The highest BCUT2D eigenvalue weighted by Gasteiger charge is 2.85. The van der Waals surface area contributed by atoms with Crippen LogP contribution in [0.3, 0.4) is 0 Å². The zero-order valence-electron chi connectivity index (χ0n) is 15.6. The molecule has 0 spiro atoms. The van der Waals surface area contributed by atoms with E-state index in [0.29, 0.717) is 0 Å². The molecule has 0 N–H and O–H groups in total. The third-order valence-corrected chi connectivity index (χ3v) is 8.81. The molecule has 0 amide bonds. The first-order valence-corrected chi connectivity index (χ1v) is 11.1. The first-order valence-electron chi connectivity index (χ1n) is 7.70. The lowest BCUT2D eigenvalue weighted by Crippen LogP contribution is -2.65. The van der Waals surface area contributed by atoms with E-state index in [1.807, 2.05) is 0 Å². The van der Waals surface area contributed by atoms with Crippen molar-refractivity contribution in [1.29, 1.82) is 0 Å². The average Bonchev–Trinajstić information content (AvgIpc) is 2.60. The second kappa shape index (κ2) is 9.25. The van der Waals surface area contributed by atoms with Gasteiger partial charge in [-0.25, -0.2) is 8.42 Å². The molecule has 0 saturated heterocycles. The van der Waals surface area contributed by atoms with Gasteiger partial charge in [-0.15, -0.1) is 0 Å². The zero-order valence-corrected chi connectivity index (χ0v) is 17.4. The van der Waals surface area contributed by atoms with Gasteiger partial charge in [0.1, 0.15) is 0 Å². The van der Waals surface area contributed by atoms with Crippen LogP contribution < -0.4 is 0 Å². The fraction of sp³-hybridized carbons (Fsp3) is 1.00. The van der Waals surface area contributed by atoms with E-state index in [4.69, 9.17) is 13.3 Å². The topological polar surface area (TPSA) is 65.1 Å². The molecule has 0 aliphatic rings. The number of halogens is 9. The average molecular weight is 489 g/mol. The van der Waals surface area contributed by atoms with Crippen molar-refractivity contribution >= 4 is 18.8 Å². The van der Waals surface area contributed by atoms with Gasteiger partial charge >= 0.3 is 32.1 Å². The lowest BCUT2D eigenvalue weighted by atomic mass is 10.1. The molecule has 0 unspecified atom stereocenters. The molecule has 0 fully saturated rings. The Balaban J connectivity index is 5.81. The molecule has 6 nitrogen and oxygen atoms in total. The molecule has 176 valence electrons. The normalized spacial score (nSPS) is 15.2. The summed E-state index contributed by atoms with van der Waals surface area (Å²) < 4.78 is 155. The highest BCUT2D eigenvalue weighted by Crippen LogP contribution is 2.55. The van der Waals surface area contributed by atoms with Gasteiger partial charge in [0, 0.05) is 40.5 Å². The molecule has 29 heavy (non-hydrogen) atoms. The van der Waals surface area contributed by atoms with E-state index in [0.717, 1.165) is 6.92 Å². The number of alkyl halides is 9. The molecule has 0 radical (unpaired) electrons. The smallest absolute Gasteiger partial charge is 0.377 e. The molecule has 0 atom stereocenters. The number of hydrogen-bond donors (Lipinski definition) is 0. The Morgan fingerprint density at radius 3 is 1.55 bits per heavy atom. The molecule has 0 aromatic rings. The van der Waals surface area contributed by atoms with Gasteiger partial charge in [-0.05, 0) is 6.42 Å². The zero-order chi connectivity index (χ0) is 23.5. The van der Waals surface area contributed by atoms with Gasteiger partial charge in [-0.3, -0.25) is 0 Å². The molecule has 0 rings (SSSR count). The van der Waals surface area contributed by atoms with Crippen molar-refractivity contribution < 1.29 is 61.2 Å². The van der Waals surface area contributed by atoms with Crippen molar-refractivity contribution in [2.45, 2.75) is 42.7 Å². The third kappa shape index (κ3) is 5.00. The van der Waals surface area contributed by atoms with Crippen LogP contribution in [0.4, 0.5) is 39.5 Å². The maximum Gasteiger partial charge on any atom is 0.500 e. The van der Waals surface area contributed by atoms with E-state index in [9.17, 15) is 47.9 Å². The van der Waals surface area contributed by atoms with Crippen LogP contribution in [0.15, 0.2) is 0 Å². The summed E-state index contributed by atoms with van der Waals surface area (Å²) in [7, 11) is -6.44. The number of hydrogen-bond acceptors (Lipinski definition) is 5. The quantitative estimate of drug-likeness (QED) is 0.311. The Kier molecular flexibility index (Phi) is 9.05. The number of sulfonamides is 1. The van der Waals surface area contributed by atoms with Crippen LogP contribution in [-0.4, -0.2) is 79.2 Å². The molecular formula is C12H20F9NO5SSi. The van der Waals surface area contributed by atoms with Crippen LogP contribution in [0, 0.1) is 0 Å². The lowest BCUT2D eigenvalue weighted by Gasteiger charge is -2.35. The van der Waals surface area contributed by atoms with Crippen molar-refractivity contribution in [2.75, 3.05) is 34.4 Å². The maximum absolute atomic E-state index is 13.9. The summed E-state index contributed by atoms with van der Waals surface area (Å²) in [6.07, 6.45) is -7.49. The first-order chi connectivity index (χ1) is 12.8.